The third-order valence-electron chi connectivity index (χ3n) is 5.34. The van der Waals surface area contributed by atoms with Crippen molar-refractivity contribution in [2.75, 3.05) is 26.2 Å². The third-order valence-corrected chi connectivity index (χ3v) is 5.34. The summed E-state index contributed by atoms with van der Waals surface area (Å²) < 4.78 is 7.08. The van der Waals surface area contributed by atoms with Crippen LogP contribution in [0.1, 0.15) is 43.6 Å². The van der Waals surface area contributed by atoms with Gasteiger partial charge < -0.3 is 20.3 Å². The largest absolute Gasteiger partial charge is 0.450 e. The second-order valence-electron chi connectivity index (χ2n) is 7.77. The number of amides is 1. The molecule has 1 aromatic heterocycles. The summed E-state index contributed by atoms with van der Waals surface area (Å²) in [7, 11) is 0. The lowest BCUT2D eigenvalue weighted by Gasteiger charge is -2.32. The quantitative estimate of drug-likeness (QED) is 0.323. The van der Waals surface area contributed by atoms with E-state index in [0.717, 1.165) is 48.0 Å². The van der Waals surface area contributed by atoms with E-state index in [1.54, 1.807) is 4.90 Å². The average molecular weight is 554 g/mol. The lowest BCUT2D eigenvalue weighted by atomic mass is 10.1. The summed E-state index contributed by atoms with van der Waals surface area (Å²) >= 11 is 0. The zero-order chi connectivity index (χ0) is 22.2. The van der Waals surface area contributed by atoms with Crippen molar-refractivity contribution in [2.45, 2.75) is 53.1 Å². The zero-order valence-electron chi connectivity index (χ0n) is 19.4. The van der Waals surface area contributed by atoms with Gasteiger partial charge in [0.25, 0.3) is 0 Å². The monoisotopic (exact) mass is 554 g/mol. The number of piperidine rings is 1. The molecule has 1 amide bonds. The number of halogens is 1. The Morgan fingerprint density at radius 1 is 1.22 bits per heavy atom. The summed E-state index contributed by atoms with van der Waals surface area (Å²) in [5, 5.41) is 11.5. The van der Waals surface area contributed by atoms with E-state index in [-0.39, 0.29) is 36.1 Å². The number of hydrogen-bond acceptors (Lipinski definition) is 4. The van der Waals surface area contributed by atoms with Crippen LogP contribution in [0.2, 0.25) is 0 Å². The van der Waals surface area contributed by atoms with Crippen LogP contribution in [-0.4, -0.2) is 59.0 Å². The predicted molar refractivity (Wildman–Crippen MR) is 138 cm³/mol. The van der Waals surface area contributed by atoms with Crippen LogP contribution >= 0.6 is 24.0 Å². The molecule has 0 radical (unpaired) electrons. The van der Waals surface area contributed by atoms with Crippen molar-refractivity contribution in [3.05, 3.63) is 47.3 Å². The normalized spacial score (nSPS) is 14.6. The Hall–Kier alpha value is -2.30. The van der Waals surface area contributed by atoms with E-state index >= 15 is 0 Å². The maximum Gasteiger partial charge on any atom is 0.409 e. The average Bonchev–Trinajstić information content (AvgIpc) is 3.11. The number of benzene rings is 1. The summed E-state index contributed by atoms with van der Waals surface area (Å²) in [6.07, 6.45) is 1.51. The highest BCUT2D eigenvalue weighted by atomic mass is 127. The molecule has 1 fully saturated rings. The lowest BCUT2D eigenvalue weighted by molar-refractivity contribution is 0.0963. The SMILES string of the molecule is CCNC(=NCc1ccccc1-n1nc(C)cc1C)NC1CCN(C(=O)OCC)CC1.I. The van der Waals surface area contributed by atoms with Gasteiger partial charge in [-0.1, -0.05) is 18.2 Å². The minimum Gasteiger partial charge on any atom is -0.450 e. The second-order valence-corrected chi connectivity index (χ2v) is 7.77. The van der Waals surface area contributed by atoms with Crippen LogP contribution in [0.3, 0.4) is 0 Å². The van der Waals surface area contributed by atoms with Gasteiger partial charge in [0.2, 0.25) is 0 Å². The Bertz CT molecular complexity index is 906. The molecule has 0 unspecified atom stereocenters. The van der Waals surface area contributed by atoms with Crippen LogP contribution in [0.4, 0.5) is 4.79 Å². The van der Waals surface area contributed by atoms with Crippen molar-refractivity contribution in [1.29, 1.82) is 0 Å². The van der Waals surface area contributed by atoms with Crippen LogP contribution in [0, 0.1) is 13.8 Å². The molecule has 2 heterocycles. The highest BCUT2D eigenvalue weighted by Crippen LogP contribution is 2.18. The summed E-state index contributed by atoms with van der Waals surface area (Å²) in [6.45, 7) is 11.1. The zero-order valence-corrected chi connectivity index (χ0v) is 21.8. The van der Waals surface area contributed by atoms with Crippen molar-refractivity contribution >= 4 is 36.0 Å². The van der Waals surface area contributed by atoms with Crippen molar-refractivity contribution in [2.24, 2.45) is 4.99 Å². The first-order valence-electron chi connectivity index (χ1n) is 11.1. The maximum absolute atomic E-state index is 11.9. The molecule has 1 aromatic carbocycles. The number of aromatic nitrogens is 2. The molecule has 32 heavy (non-hydrogen) atoms. The fourth-order valence-electron chi connectivity index (χ4n) is 3.82. The number of likely N-dealkylation sites (tertiary alicyclic amines) is 1. The van der Waals surface area contributed by atoms with Crippen molar-refractivity contribution in [3.8, 4) is 5.69 Å². The maximum atomic E-state index is 11.9. The van der Waals surface area contributed by atoms with Gasteiger partial charge in [-0.05, 0) is 58.2 Å². The molecular formula is C23H35IN6O2. The highest BCUT2D eigenvalue weighted by molar-refractivity contribution is 14.0. The van der Waals surface area contributed by atoms with E-state index in [4.69, 9.17) is 9.73 Å². The molecule has 0 bridgehead atoms. The number of para-hydroxylation sites is 1. The summed E-state index contributed by atoms with van der Waals surface area (Å²) in [4.78, 5) is 18.5. The van der Waals surface area contributed by atoms with Gasteiger partial charge in [0, 0.05) is 31.4 Å². The standard InChI is InChI=1S/C23H34N6O2.HI/c1-5-24-22(26-20-11-13-28(14-12-20)23(30)31-6-2)25-16-19-9-7-8-10-21(19)29-18(4)15-17(3)27-29;/h7-10,15,20H,5-6,11-14,16H2,1-4H3,(H2,24,25,26);1H. The van der Waals surface area contributed by atoms with Crippen LogP contribution in [0.15, 0.2) is 35.3 Å². The number of ether oxygens (including phenoxy) is 1. The smallest absolute Gasteiger partial charge is 0.409 e. The van der Waals surface area contributed by atoms with Crippen LogP contribution in [0.25, 0.3) is 5.69 Å². The molecule has 0 aliphatic carbocycles. The Labute approximate surface area is 207 Å². The minimum absolute atomic E-state index is 0. The number of nitrogens with zero attached hydrogens (tertiary/aromatic N) is 4. The van der Waals surface area contributed by atoms with E-state index in [2.05, 4.69) is 47.8 Å². The number of carbonyl (C=O) groups is 1. The van der Waals surface area contributed by atoms with E-state index in [0.29, 0.717) is 26.2 Å². The first-order valence-corrected chi connectivity index (χ1v) is 11.1. The molecule has 0 spiro atoms. The molecule has 0 atom stereocenters. The summed E-state index contributed by atoms with van der Waals surface area (Å²) in [6, 6.07) is 10.6. The molecule has 0 saturated carbocycles. The summed E-state index contributed by atoms with van der Waals surface area (Å²) in [5.74, 6) is 0.792. The van der Waals surface area contributed by atoms with Gasteiger partial charge in [0.15, 0.2) is 5.96 Å². The fourth-order valence-corrected chi connectivity index (χ4v) is 3.82. The van der Waals surface area contributed by atoms with Gasteiger partial charge >= 0.3 is 6.09 Å². The molecule has 1 saturated heterocycles. The minimum atomic E-state index is -0.220. The summed E-state index contributed by atoms with van der Waals surface area (Å²) in [5.41, 5.74) is 4.27. The number of carbonyl (C=O) groups excluding carboxylic acids is 1. The van der Waals surface area contributed by atoms with Gasteiger partial charge in [-0.25, -0.2) is 14.5 Å². The molecular weight excluding hydrogens is 519 g/mol. The number of aryl methyl sites for hydroxylation is 2. The molecule has 2 aromatic rings. The van der Waals surface area contributed by atoms with Gasteiger partial charge in [-0.2, -0.15) is 5.10 Å². The third kappa shape index (κ3) is 6.85. The van der Waals surface area contributed by atoms with Crippen LogP contribution in [0.5, 0.6) is 0 Å². The molecule has 1 aliphatic rings. The number of guanidine groups is 1. The molecule has 8 nitrogen and oxygen atoms in total. The van der Waals surface area contributed by atoms with E-state index in [9.17, 15) is 4.79 Å². The van der Waals surface area contributed by atoms with Crippen molar-refractivity contribution in [3.63, 3.8) is 0 Å². The van der Waals surface area contributed by atoms with Crippen molar-refractivity contribution < 1.29 is 9.53 Å². The number of rotatable bonds is 6. The van der Waals surface area contributed by atoms with Crippen LogP contribution in [-0.2, 0) is 11.3 Å². The predicted octanol–water partition coefficient (Wildman–Crippen LogP) is 3.78. The highest BCUT2D eigenvalue weighted by Gasteiger charge is 2.24. The van der Waals surface area contributed by atoms with Gasteiger partial charge in [-0.3, -0.25) is 0 Å². The van der Waals surface area contributed by atoms with E-state index in [1.165, 1.54) is 0 Å². The van der Waals surface area contributed by atoms with Gasteiger partial charge in [-0.15, -0.1) is 24.0 Å². The Balaban J connectivity index is 0.00000363. The number of aliphatic imine (C=N–C) groups is 1. The molecule has 2 N–H and O–H groups in total. The Kier molecular flexibility index (Phi) is 10.3. The first kappa shape index (κ1) is 26.0. The fraction of sp³-hybridized carbons (Fsp3) is 0.522. The molecule has 1 aliphatic heterocycles. The van der Waals surface area contributed by atoms with Crippen molar-refractivity contribution in [1.82, 2.24) is 25.3 Å². The van der Waals surface area contributed by atoms with Crippen LogP contribution < -0.4 is 10.6 Å². The topological polar surface area (TPSA) is 83.8 Å². The molecule has 9 heteroatoms. The second kappa shape index (κ2) is 12.7. The number of hydrogen-bond donors (Lipinski definition) is 2. The Morgan fingerprint density at radius 2 is 1.94 bits per heavy atom. The van der Waals surface area contributed by atoms with E-state index < -0.39 is 0 Å². The van der Waals surface area contributed by atoms with Gasteiger partial charge in [0.1, 0.15) is 0 Å². The Morgan fingerprint density at radius 3 is 2.56 bits per heavy atom. The first-order chi connectivity index (χ1) is 15.0. The lowest BCUT2D eigenvalue weighted by Crippen LogP contribution is -2.49. The van der Waals surface area contributed by atoms with Gasteiger partial charge in [0.05, 0.1) is 24.5 Å². The molecule has 176 valence electrons. The number of nitrogens with one attached hydrogen (secondary N) is 2. The van der Waals surface area contributed by atoms with E-state index in [1.807, 2.05) is 30.7 Å². The molecule has 3 rings (SSSR count).